The number of urea groups is 1. The van der Waals surface area contributed by atoms with Crippen molar-refractivity contribution in [1.29, 1.82) is 0 Å². The van der Waals surface area contributed by atoms with Crippen molar-refractivity contribution in [2.24, 2.45) is 10.4 Å². The number of rotatable bonds is 7. The summed E-state index contributed by atoms with van der Waals surface area (Å²) in [5.74, 6) is -1.02. The van der Waals surface area contributed by atoms with Gasteiger partial charge in [-0.05, 0) is 43.4 Å². The standard InChI is InChI=1S/C29H32FN7O4S/c1-16-18(4-3-5-19(16)30)22-21(25(38)39)20(33-23(34-22)24-32-6-9-42-24)12-35-7-8-36-17(10-35)11-37(27(36)41)29-13-28(14-29,15-29)26(40)31-2/h3-6,9,17,22H,7-8,10-15H2,1-2H3,(H,31,40)(H,33,34)(H,38,39)/t17-,22-,28?,29?/m0/s1. The van der Waals surface area contributed by atoms with Crippen molar-refractivity contribution < 1.29 is 23.9 Å². The Labute approximate surface area is 246 Å². The zero-order valence-corrected chi connectivity index (χ0v) is 24.2. The van der Waals surface area contributed by atoms with Crippen molar-refractivity contribution in [3.05, 3.63) is 63.0 Å². The molecule has 3 aliphatic heterocycles. The van der Waals surface area contributed by atoms with Crippen molar-refractivity contribution in [2.45, 2.75) is 43.8 Å². The number of aliphatic imine (C=N–C) groups is 1. The highest BCUT2D eigenvalue weighted by Gasteiger charge is 2.75. The van der Waals surface area contributed by atoms with Crippen LogP contribution in [-0.2, 0) is 9.59 Å². The lowest BCUT2D eigenvalue weighted by atomic mass is 9.38. The van der Waals surface area contributed by atoms with Gasteiger partial charge in [0.1, 0.15) is 11.9 Å². The average Bonchev–Trinajstić information content (AvgIpc) is 3.57. The highest BCUT2D eigenvalue weighted by atomic mass is 32.1. The van der Waals surface area contributed by atoms with Gasteiger partial charge in [0, 0.05) is 62.6 Å². The van der Waals surface area contributed by atoms with Gasteiger partial charge >= 0.3 is 12.0 Å². The van der Waals surface area contributed by atoms with Crippen molar-refractivity contribution in [3.63, 3.8) is 0 Å². The number of hydrogen-bond acceptors (Lipinski definition) is 8. The first-order valence-corrected chi connectivity index (χ1v) is 15.0. The number of piperazine rings is 1. The number of aliphatic carboxylic acids is 1. The predicted molar refractivity (Wildman–Crippen MR) is 152 cm³/mol. The molecule has 220 valence electrons. The molecule has 3 N–H and O–H groups in total. The second kappa shape index (κ2) is 9.60. The predicted octanol–water partition coefficient (Wildman–Crippen LogP) is 2.11. The Morgan fingerprint density at radius 3 is 2.71 bits per heavy atom. The second-order valence-electron chi connectivity index (χ2n) is 12.1. The molecule has 5 fully saturated rings. The lowest BCUT2D eigenvalue weighted by Crippen LogP contribution is -2.78. The van der Waals surface area contributed by atoms with E-state index < -0.39 is 17.8 Å². The molecule has 6 aliphatic rings. The summed E-state index contributed by atoms with van der Waals surface area (Å²) in [5.41, 5.74) is 0.876. The topological polar surface area (TPSA) is 130 Å². The van der Waals surface area contributed by atoms with Crippen LogP contribution in [0, 0.1) is 18.2 Å². The van der Waals surface area contributed by atoms with Crippen LogP contribution in [0.2, 0.25) is 0 Å². The molecule has 13 heteroatoms. The molecule has 3 amide bonds. The molecule has 0 radical (unpaired) electrons. The maximum Gasteiger partial charge on any atom is 0.335 e. The van der Waals surface area contributed by atoms with Gasteiger partial charge in [-0.25, -0.2) is 19.0 Å². The molecular formula is C29H32FN7O4S. The molecule has 3 aliphatic carbocycles. The first-order chi connectivity index (χ1) is 20.1. The summed E-state index contributed by atoms with van der Waals surface area (Å²) < 4.78 is 14.6. The molecule has 2 bridgehead atoms. The van der Waals surface area contributed by atoms with E-state index in [2.05, 4.69) is 20.5 Å². The number of thiazole rings is 1. The van der Waals surface area contributed by atoms with Crippen molar-refractivity contribution >= 4 is 35.1 Å². The Morgan fingerprint density at radius 2 is 2.02 bits per heavy atom. The van der Waals surface area contributed by atoms with E-state index in [1.165, 1.54) is 17.4 Å². The van der Waals surface area contributed by atoms with Crippen LogP contribution >= 0.6 is 11.3 Å². The summed E-state index contributed by atoms with van der Waals surface area (Å²) >= 11 is 1.38. The third-order valence-electron chi connectivity index (χ3n) is 9.70. The lowest BCUT2D eigenvalue weighted by Gasteiger charge is -2.71. The minimum Gasteiger partial charge on any atom is -0.478 e. The first kappa shape index (κ1) is 27.0. The summed E-state index contributed by atoms with van der Waals surface area (Å²) in [5, 5.41) is 18.8. The van der Waals surface area contributed by atoms with Crippen LogP contribution < -0.4 is 10.6 Å². The summed E-state index contributed by atoms with van der Waals surface area (Å²) in [6.45, 7) is 4.23. The van der Waals surface area contributed by atoms with Gasteiger partial charge < -0.3 is 25.5 Å². The highest BCUT2D eigenvalue weighted by molar-refractivity contribution is 7.11. The van der Waals surface area contributed by atoms with E-state index in [-0.39, 0.29) is 34.5 Å². The highest BCUT2D eigenvalue weighted by Crippen LogP contribution is 2.70. The Kier molecular flexibility index (Phi) is 6.17. The zero-order valence-electron chi connectivity index (χ0n) is 23.4. The molecule has 42 heavy (non-hydrogen) atoms. The largest absolute Gasteiger partial charge is 0.478 e. The molecule has 0 spiro atoms. The fraction of sp³-hybridized carbons (Fsp3) is 0.483. The molecule has 2 aromatic rings. The SMILES string of the molecule is CNC(=O)C12CC(N3C[C@@H]4CN(CC5=C(C(=O)O)[C@H](c6cccc(F)c6C)N=C(c6nccs6)N5)CCN4C3=O)(C1)C2. The number of carbonyl (C=O) groups is 3. The molecule has 1 aromatic heterocycles. The number of carbonyl (C=O) groups excluding carboxylic acids is 2. The van der Waals surface area contributed by atoms with Crippen LogP contribution in [0.25, 0.3) is 0 Å². The first-order valence-electron chi connectivity index (χ1n) is 14.1. The third kappa shape index (κ3) is 3.97. The van der Waals surface area contributed by atoms with Crippen LogP contribution in [0.3, 0.4) is 0 Å². The van der Waals surface area contributed by atoms with E-state index >= 15 is 0 Å². The molecule has 2 saturated heterocycles. The van der Waals surface area contributed by atoms with Gasteiger partial charge in [-0.15, -0.1) is 11.3 Å². The zero-order chi connectivity index (χ0) is 29.4. The van der Waals surface area contributed by atoms with E-state index in [0.29, 0.717) is 79.7 Å². The van der Waals surface area contributed by atoms with Crippen molar-refractivity contribution in [2.75, 3.05) is 39.8 Å². The molecule has 2 atom stereocenters. The number of halogens is 1. The van der Waals surface area contributed by atoms with E-state index in [1.54, 1.807) is 32.3 Å². The normalized spacial score (nSPS) is 30.3. The number of nitrogens with one attached hydrogen (secondary N) is 2. The number of aromatic nitrogens is 1. The van der Waals surface area contributed by atoms with Gasteiger partial charge in [-0.1, -0.05) is 12.1 Å². The Hall–Kier alpha value is -3.84. The third-order valence-corrected chi connectivity index (χ3v) is 10.5. The van der Waals surface area contributed by atoms with Gasteiger partial charge in [0.15, 0.2) is 10.8 Å². The summed E-state index contributed by atoms with van der Waals surface area (Å²) in [4.78, 5) is 53.6. The van der Waals surface area contributed by atoms with E-state index in [9.17, 15) is 23.9 Å². The Bertz CT molecular complexity index is 1540. The summed E-state index contributed by atoms with van der Waals surface area (Å²) in [7, 11) is 1.66. The van der Waals surface area contributed by atoms with Gasteiger partial charge in [0.25, 0.3) is 0 Å². The minimum atomic E-state index is -1.12. The van der Waals surface area contributed by atoms with Crippen molar-refractivity contribution in [1.82, 2.24) is 30.3 Å². The Morgan fingerprint density at radius 1 is 1.24 bits per heavy atom. The molecule has 3 saturated carbocycles. The number of benzene rings is 1. The average molecular weight is 594 g/mol. The second-order valence-corrected chi connectivity index (χ2v) is 13.0. The molecule has 8 rings (SSSR count). The van der Waals surface area contributed by atoms with E-state index in [0.717, 1.165) is 0 Å². The summed E-state index contributed by atoms with van der Waals surface area (Å²) in [6.07, 6.45) is 3.81. The number of carboxylic acid groups (broad SMARTS) is 1. The number of fused-ring (bicyclic) bond motifs is 1. The van der Waals surface area contributed by atoms with Crippen LogP contribution in [0.5, 0.6) is 0 Å². The van der Waals surface area contributed by atoms with Gasteiger partial charge in [-0.2, -0.15) is 0 Å². The minimum absolute atomic E-state index is 0.0259. The van der Waals surface area contributed by atoms with E-state index in [1.807, 2.05) is 15.2 Å². The fourth-order valence-electron chi connectivity index (χ4n) is 7.63. The lowest BCUT2D eigenvalue weighted by molar-refractivity contribution is -0.204. The number of carboxylic acids is 1. The van der Waals surface area contributed by atoms with Crippen LogP contribution in [-0.4, -0.2) is 99.9 Å². The molecular weight excluding hydrogens is 561 g/mol. The van der Waals surface area contributed by atoms with Gasteiger partial charge in [-0.3, -0.25) is 14.7 Å². The number of amides is 3. The van der Waals surface area contributed by atoms with E-state index in [4.69, 9.17) is 4.99 Å². The molecule has 1 aromatic carbocycles. The van der Waals surface area contributed by atoms with Gasteiger partial charge in [0.05, 0.1) is 17.0 Å². The maximum absolute atomic E-state index is 14.6. The molecule has 4 heterocycles. The van der Waals surface area contributed by atoms with Crippen molar-refractivity contribution in [3.8, 4) is 0 Å². The fourth-order valence-corrected chi connectivity index (χ4v) is 8.22. The smallest absolute Gasteiger partial charge is 0.335 e. The van der Waals surface area contributed by atoms with Gasteiger partial charge in [0.2, 0.25) is 5.91 Å². The summed E-state index contributed by atoms with van der Waals surface area (Å²) in [6, 6.07) is 3.74. The quantitative estimate of drug-likeness (QED) is 0.448. The van der Waals surface area contributed by atoms with Crippen LogP contribution in [0.4, 0.5) is 9.18 Å². The van der Waals surface area contributed by atoms with Crippen LogP contribution in [0.15, 0.2) is 46.0 Å². The Balaban J connectivity index is 1.13. The molecule has 0 unspecified atom stereocenters. The maximum atomic E-state index is 14.6. The van der Waals surface area contributed by atoms with Crippen LogP contribution in [0.1, 0.15) is 41.4 Å². The number of nitrogens with zero attached hydrogens (tertiary/aromatic N) is 5. The number of hydrogen-bond donors (Lipinski definition) is 3. The number of amidine groups is 1. The molecule has 11 nitrogen and oxygen atoms in total. The monoisotopic (exact) mass is 593 g/mol.